The van der Waals surface area contributed by atoms with Crippen molar-refractivity contribution in [1.29, 1.82) is 0 Å². The summed E-state index contributed by atoms with van der Waals surface area (Å²) in [6, 6.07) is 10.9. The molecule has 24 heavy (non-hydrogen) atoms. The number of nitrogens with one attached hydrogen (secondary N) is 1. The van der Waals surface area contributed by atoms with Crippen molar-refractivity contribution in [2.45, 2.75) is 19.4 Å². The number of fused-ring (bicyclic) bond motifs is 3. The van der Waals surface area contributed by atoms with E-state index in [1.165, 1.54) is 18.9 Å². The van der Waals surface area contributed by atoms with Crippen LogP contribution in [0.4, 0.5) is 5.69 Å². The molecule has 6 nitrogen and oxygen atoms in total. The molecule has 1 heterocycles. The van der Waals surface area contributed by atoms with Gasteiger partial charge in [0, 0.05) is 19.0 Å². The quantitative estimate of drug-likeness (QED) is 0.865. The topological polar surface area (TPSA) is 75.7 Å². The molecule has 0 aromatic heterocycles. The van der Waals surface area contributed by atoms with Crippen molar-refractivity contribution >= 4 is 34.2 Å². The third-order valence-corrected chi connectivity index (χ3v) is 4.17. The Kier molecular flexibility index (Phi) is 4.20. The Morgan fingerprint density at radius 1 is 1.25 bits per heavy atom. The largest absolute Gasteiger partial charge is 0.468 e. The van der Waals surface area contributed by atoms with E-state index in [9.17, 15) is 14.4 Å². The summed E-state index contributed by atoms with van der Waals surface area (Å²) in [5.41, 5.74) is 1.63. The van der Waals surface area contributed by atoms with Crippen molar-refractivity contribution in [3.63, 3.8) is 0 Å². The number of anilines is 1. The molecular weight excluding hydrogens is 308 g/mol. The van der Waals surface area contributed by atoms with Crippen LogP contribution in [0.15, 0.2) is 36.4 Å². The molecule has 1 aliphatic heterocycles. The van der Waals surface area contributed by atoms with Gasteiger partial charge in [-0.25, -0.2) is 0 Å². The Hall–Kier alpha value is -2.89. The molecule has 0 unspecified atom stereocenters. The lowest BCUT2D eigenvalue weighted by atomic mass is 9.92. The highest BCUT2D eigenvalue weighted by atomic mass is 16.5. The number of amides is 2. The maximum Gasteiger partial charge on any atom is 0.325 e. The summed E-state index contributed by atoms with van der Waals surface area (Å²) in [4.78, 5) is 37.3. The lowest BCUT2D eigenvalue weighted by molar-refractivity contribution is -0.140. The summed E-state index contributed by atoms with van der Waals surface area (Å²) in [6.07, 6.45) is 0.396. The molecule has 6 heteroatoms. The molecule has 3 rings (SSSR count). The van der Waals surface area contributed by atoms with Crippen molar-refractivity contribution < 1.29 is 19.1 Å². The van der Waals surface area contributed by atoms with E-state index < -0.39 is 12.0 Å². The lowest BCUT2D eigenvalue weighted by Crippen LogP contribution is -2.53. The number of nitrogens with zero attached hydrogens (tertiary/aromatic N) is 1. The standard InChI is InChI=1S/C18H18N2O4/c1-11(21)19-15-9-14-13-6-4-3-5-12(13)7-8-16(14)20(18(15)23)10-17(22)24-2/h3-8,15H,9-10H2,1-2H3,(H,19,21)/t15-/m0/s1. The van der Waals surface area contributed by atoms with E-state index in [0.717, 1.165) is 16.3 Å². The Labute approximate surface area is 139 Å². The predicted molar refractivity (Wildman–Crippen MR) is 89.6 cm³/mol. The summed E-state index contributed by atoms with van der Waals surface area (Å²) in [5.74, 6) is -1.10. The van der Waals surface area contributed by atoms with Gasteiger partial charge >= 0.3 is 5.97 Å². The third kappa shape index (κ3) is 2.82. The lowest BCUT2D eigenvalue weighted by Gasteiger charge is -2.34. The number of carbonyl (C=O) groups excluding carboxylic acids is 3. The Morgan fingerprint density at radius 2 is 2.00 bits per heavy atom. The van der Waals surface area contributed by atoms with Gasteiger partial charge in [-0.2, -0.15) is 0 Å². The minimum atomic E-state index is -0.689. The molecule has 1 atom stereocenters. The maximum atomic E-state index is 12.7. The first kappa shape index (κ1) is 16.0. The molecule has 0 bridgehead atoms. The van der Waals surface area contributed by atoms with Gasteiger partial charge in [0.15, 0.2) is 0 Å². The molecule has 0 fully saturated rings. The van der Waals surface area contributed by atoms with Crippen molar-refractivity contribution in [3.05, 3.63) is 42.0 Å². The van der Waals surface area contributed by atoms with Crippen LogP contribution in [0.3, 0.4) is 0 Å². The van der Waals surface area contributed by atoms with Gasteiger partial charge in [-0.1, -0.05) is 30.3 Å². The van der Waals surface area contributed by atoms with Crippen LogP contribution in [0.5, 0.6) is 0 Å². The van der Waals surface area contributed by atoms with Crippen LogP contribution in [0.25, 0.3) is 10.8 Å². The van der Waals surface area contributed by atoms with Gasteiger partial charge in [0.1, 0.15) is 12.6 Å². The minimum Gasteiger partial charge on any atom is -0.468 e. The molecule has 124 valence electrons. The fraction of sp³-hybridized carbons (Fsp3) is 0.278. The van der Waals surface area contributed by atoms with Gasteiger partial charge in [-0.05, 0) is 22.4 Å². The molecule has 0 spiro atoms. The number of rotatable bonds is 3. The average Bonchev–Trinajstić information content (AvgIpc) is 2.57. The second kappa shape index (κ2) is 6.31. The number of benzene rings is 2. The summed E-state index contributed by atoms with van der Waals surface area (Å²) < 4.78 is 4.70. The summed E-state index contributed by atoms with van der Waals surface area (Å²) in [7, 11) is 1.28. The average molecular weight is 326 g/mol. The number of ether oxygens (including phenoxy) is 1. The highest BCUT2D eigenvalue weighted by Crippen LogP contribution is 2.34. The first-order chi connectivity index (χ1) is 11.5. The van der Waals surface area contributed by atoms with Crippen LogP contribution < -0.4 is 10.2 Å². The van der Waals surface area contributed by atoms with Crippen LogP contribution in [0, 0.1) is 0 Å². The molecule has 1 aliphatic rings. The monoisotopic (exact) mass is 326 g/mol. The van der Waals surface area contributed by atoms with E-state index in [1.807, 2.05) is 36.4 Å². The van der Waals surface area contributed by atoms with Crippen molar-refractivity contribution in [3.8, 4) is 0 Å². The smallest absolute Gasteiger partial charge is 0.325 e. The molecule has 0 radical (unpaired) electrons. The zero-order valence-electron chi connectivity index (χ0n) is 13.5. The molecular formula is C18H18N2O4. The van der Waals surface area contributed by atoms with Gasteiger partial charge in [0.05, 0.1) is 7.11 Å². The van der Waals surface area contributed by atoms with E-state index >= 15 is 0 Å². The normalized spacial score (nSPS) is 16.7. The van der Waals surface area contributed by atoms with Gasteiger partial charge in [-0.15, -0.1) is 0 Å². The molecule has 2 aromatic rings. The Balaban J connectivity index is 2.12. The molecule has 1 N–H and O–H groups in total. The van der Waals surface area contributed by atoms with Crippen molar-refractivity contribution in [2.24, 2.45) is 0 Å². The first-order valence-corrected chi connectivity index (χ1v) is 7.67. The molecule has 0 saturated heterocycles. The Morgan fingerprint density at radius 3 is 2.71 bits per heavy atom. The van der Waals surface area contributed by atoms with Crippen LogP contribution >= 0.6 is 0 Å². The van der Waals surface area contributed by atoms with Gasteiger partial charge in [0.2, 0.25) is 11.8 Å². The van der Waals surface area contributed by atoms with Gasteiger partial charge in [-0.3, -0.25) is 19.3 Å². The molecule has 2 amide bonds. The van der Waals surface area contributed by atoms with Crippen LogP contribution in [0.1, 0.15) is 12.5 Å². The van der Waals surface area contributed by atoms with Crippen molar-refractivity contribution in [1.82, 2.24) is 5.32 Å². The fourth-order valence-electron chi connectivity index (χ4n) is 3.10. The zero-order valence-corrected chi connectivity index (χ0v) is 13.5. The van der Waals surface area contributed by atoms with Crippen LogP contribution in [-0.4, -0.2) is 37.5 Å². The van der Waals surface area contributed by atoms with Crippen LogP contribution in [0.2, 0.25) is 0 Å². The number of hydrogen-bond acceptors (Lipinski definition) is 4. The van der Waals surface area contributed by atoms with Crippen LogP contribution in [-0.2, 0) is 25.5 Å². The van der Waals surface area contributed by atoms with Crippen molar-refractivity contribution in [2.75, 3.05) is 18.6 Å². The van der Waals surface area contributed by atoms with Gasteiger partial charge < -0.3 is 10.1 Å². The Bertz CT molecular complexity index is 831. The summed E-state index contributed by atoms with van der Waals surface area (Å²) in [5, 5.41) is 4.73. The highest BCUT2D eigenvalue weighted by molar-refractivity contribution is 6.07. The number of methoxy groups -OCH3 is 1. The fourth-order valence-corrected chi connectivity index (χ4v) is 3.10. The summed E-state index contributed by atoms with van der Waals surface area (Å²) in [6.45, 7) is 1.19. The van der Waals surface area contributed by atoms with Gasteiger partial charge in [0.25, 0.3) is 0 Å². The third-order valence-electron chi connectivity index (χ3n) is 4.17. The second-order valence-electron chi connectivity index (χ2n) is 5.74. The zero-order chi connectivity index (χ0) is 17.3. The summed E-state index contributed by atoms with van der Waals surface area (Å²) >= 11 is 0. The maximum absolute atomic E-state index is 12.7. The molecule has 0 aliphatic carbocycles. The molecule has 0 saturated carbocycles. The second-order valence-corrected chi connectivity index (χ2v) is 5.74. The van der Waals surface area contributed by atoms with E-state index in [0.29, 0.717) is 12.1 Å². The van der Waals surface area contributed by atoms with E-state index in [-0.39, 0.29) is 18.4 Å². The first-order valence-electron chi connectivity index (χ1n) is 7.67. The highest BCUT2D eigenvalue weighted by Gasteiger charge is 2.35. The number of esters is 1. The predicted octanol–water partition coefficient (Wildman–Crippen LogP) is 1.41. The molecule has 2 aromatic carbocycles. The minimum absolute atomic E-state index is 0.184. The number of carbonyl (C=O) groups is 3. The SMILES string of the molecule is COC(=O)CN1C(=O)[C@@H](NC(C)=O)Cc2c1ccc1ccccc21. The van der Waals surface area contributed by atoms with E-state index in [4.69, 9.17) is 4.74 Å². The van der Waals surface area contributed by atoms with E-state index in [1.54, 1.807) is 0 Å². The number of hydrogen-bond donors (Lipinski definition) is 1. The van der Waals surface area contributed by atoms with E-state index in [2.05, 4.69) is 5.32 Å².